The van der Waals surface area contributed by atoms with Crippen LogP contribution in [0.2, 0.25) is 0 Å². The number of hydrogen-bond donors (Lipinski definition) is 1. The van der Waals surface area contributed by atoms with Crippen molar-refractivity contribution in [1.29, 1.82) is 0 Å². The molecular weight excluding hydrogens is 603 g/mol. The number of aromatic nitrogens is 1. The number of hydroxylamine groups is 1. The van der Waals surface area contributed by atoms with Gasteiger partial charge in [-0.2, -0.15) is 0 Å². The smallest absolute Gasteiger partial charge is 0.457 e. The molecule has 44 heavy (non-hydrogen) atoms. The average Bonchev–Trinajstić information content (AvgIpc) is 3.02. The SMILES string of the molecule is O=C(NOC1CCCCO1)C1(S(=O)(=O)c2ccc(Oc3ccc(OC(F)(F)F)cc3)cc2)CCN(Cc2cccnc2)CC1. The highest BCUT2D eigenvalue weighted by molar-refractivity contribution is 7.93. The molecule has 3 heterocycles. The van der Waals surface area contributed by atoms with Crippen molar-refractivity contribution in [2.45, 2.75) is 60.9 Å². The third kappa shape index (κ3) is 7.67. The minimum Gasteiger partial charge on any atom is -0.457 e. The molecule has 1 aromatic heterocycles. The summed E-state index contributed by atoms with van der Waals surface area (Å²) in [4.78, 5) is 25.3. The van der Waals surface area contributed by atoms with Crippen LogP contribution in [0.25, 0.3) is 0 Å². The van der Waals surface area contributed by atoms with E-state index in [4.69, 9.17) is 14.3 Å². The van der Waals surface area contributed by atoms with Crippen LogP contribution in [0, 0.1) is 0 Å². The Hall–Kier alpha value is -3.72. The van der Waals surface area contributed by atoms with Gasteiger partial charge in [-0.05, 0) is 85.8 Å². The molecular formula is C30H32F3N3O7S. The molecule has 2 fully saturated rings. The number of pyridine rings is 1. The lowest BCUT2D eigenvalue weighted by Crippen LogP contribution is -2.58. The average molecular weight is 636 g/mol. The summed E-state index contributed by atoms with van der Waals surface area (Å²) in [7, 11) is -4.24. The van der Waals surface area contributed by atoms with Crippen molar-refractivity contribution in [3.05, 3.63) is 78.6 Å². The van der Waals surface area contributed by atoms with Gasteiger partial charge in [0.25, 0.3) is 5.91 Å². The number of rotatable bonds is 10. The number of carbonyl (C=O) groups is 1. The Morgan fingerprint density at radius 3 is 2.25 bits per heavy atom. The van der Waals surface area contributed by atoms with Gasteiger partial charge >= 0.3 is 6.36 Å². The van der Waals surface area contributed by atoms with E-state index in [1.807, 2.05) is 12.1 Å². The minimum absolute atomic E-state index is 0.0287. The van der Waals surface area contributed by atoms with E-state index in [-0.39, 0.29) is 29.2 Å². The lowest BCUT2D eigenvalue weighted by Gasteiger charge is -2.40. The van der Waals surface area contributed by atoms with Crippen LogP contribution in [-0.2, 0) is 30.8 Å². The van der Waals surface area contributed by atoms with Gasteiger partial charge in [0.15, 0.2) is 20.9 Å². The Morgan fingerprint density at radius 1 is 1.00 bits per heavy atom. The highest BCUT2D eigenvalue weighted by atomic mass is 32.2. The Morgan fingerprint density at radius 2 is 1.66 bits per heavy atom. The fourth-order valence-corrected chi connectivity index (χ4v) is 7.17. The summed E-state index contributed by atoms with van der Waals surface area (Å²) in [5.41, 5.74) is 3.36. The molecule has 2 aliphatic rings. The summed E-state index contributed by atoms with van der Waals surface area (Å²) in [5.74, 6) is -0.695. The van der Waals surface area contributed by atoms with Gasteiger partial charge in [-0.25, -0.2) is 18.7 Å². The first kappa shape index (κ1) is 31.7. The quantitative estimate of drug-likeness (QED) is 0.302. The maximum absolute atomic E-state index is 14.2. The fraction of sp³-hybridized carbons (Fsp3) is 0.400. The van der Waals surface area contributed by atoms with Crippen molar-refractivity contribution in [3.63, 3.8) is 0 Å². The molecule has 0 spiro atoms. The third-order valence-electron chi connectivity index (χ3n) is 7.57. The van der Waals surface area contributed by atoms with Gasteiger partial charge in [0.05, 0.1) is 4.90 Å². The molecule has 0 aliphatic carbocycles. The molecule has 1 amide bonds. The third-order valence-corrected chi connectivity index (χ3v) is 10.1. The van der Waals surface area contributed by atoms with Crippen molar-refractivity contribution in [2.75, 3.05) is 19.7 Å². The number of alkyl halides is 3. The number of halogens is 3. The lowest BCUT2D eigenvalue weighted by atomic mass is 9.94. The number of hydrogen-bond acceptors (Lipinski definition) is 9. The molecule has 0 saturated carbocycles. The number of amides is 1. The first-order chi connectivity index (χ1) is 21.0. The number of piperidine rings is 1. The molecule has 3 aromatic rings. The summed E-state index contributed by atoms with van der Waals surface area (Å²) in [6.07, 6.45) is 0.353. The van der Waals surface area contributed by atoms with E-state index in [0.29, 0.717) is 32.7 Å². The maximum atomic E-state index is 14.2. The zero-order valence-electron chi connectivity index (χ0n) is 23.7. The molecule has 1 atom stereocenters. The molecule has 2 aromatic carbocycles. The highest BCUT2D eigenvalue weighted by Crippen LogP contribution is 2.37. The van der Waals surface area contributed by atoms with Crippen molar-refractivity contribution >= 4 is 15.7 Å². The number of ether oxygens (including phenoxy) is 3. The zero-order valence-corrected chi connectivity index (χ0v) is 24.5. The van der Waals surface area contributed by atoms with Crippen LogP contribution in [0.5, 0.6) is 17.2 Å². The van der Waals surface area contributed by atoms with E-state index in [9.17, 15) is 26.4 Å². The number of nitrogens with one attached hydrogen (secondary N) is 1. The predicted molar refractivity (Wildman–Crippen MR) is 151 cm³/mol. The van der Waals surface area contributed by atoms with E-state index in [1.165, 1.54) is 36.4 Å². The van der Waals surface area contributed by atoms with Crippen LogP contribution in [-0.4, -0.2) is 61.3 Å². The van der Waals surface area contributed by atoms with E-state index < -0.39 is 38.9 Å². The molecule has 236 valence electrons. The second-order valence-electron chi connectivity index (χ2n) is 10.6. The molecule has 10 nitrogen and oxygen atoms in total. The van der Waals surface area contributed by atoms with Gasteiger partial charge in [-0.1, -0.05) is 6.07 Å². The van der Waals surface area contributed by atoms with Gasteiger partial charge in [-0.15, -0.1) is 13.2 Å². The predicted octanol–water partition coefficient (Wildman–Crippen LogP) is 5.16. The van der Waals surface area contributed by atoms with Crippen LogP contribution < -0.4 is 15.0 Å². The van der Waals surface area contributed by atoms with Crippen molar-refractivity contribution in [3.8, 4) is 17.2 Å². The monoisotopic (exact) mass is 635 g/mol. The highest BCUT2D eigenvalue weighted by Gasteiger charge is 2.53. The summed E-state index contributed by atoms with van der Waals surface area (Å²) in [6, 6.07) is 14.1. The van der Waals surface area contributed by atoms with Crippen molar-refractivity contribution in [2.24, 2.45) is 0 Å². The van der Waals surface area contributed by atoms with Gasteiger partial charge in [0.2, 0.25) is 0 Å². The van der Waals surface area contributed by atoms with Crippen LogP contribution in [0.15, 0.2) is 78.0 Å². The van der Waals surface area contributed by atoms with Crippen LogP contribution in [0.3, 0.4) is 0 Å². The molecule has 0 radical (unpaired) electrons. The second-order valence-corrected chi connectivity index (χ2v) is 12.8. The van der Waals surface area contributed by atoms with Crippen molar-refractivity contribution in [1.82, 2.24) is 15.4 Å². The molecule has 5 rings (SSSR count). The Labute approximate surface area is 252 Å². The molecule has 2 saturated heterocycles. The van der Waals surface area contributed by atoms with Crippen LogP contribution in [0.1, 0.15) is 37.7 Å². The first-order valence-electron chi connectivity index (χ1n) is 14.1. The number of carbonyl (C=O) groups excluding carboxylic acids is 1. The molecule has 1 unspecified atom stereocenters. The van der Waals surface area contributed by atoms with E-state index in [2.05, 4.69) is 20.1 Å². The van der Waals surface area contributed by atoms with Gasteiger partial charge in [-0.3, -0.25) is 14.7 Å². The Kier molecular flexibility index (Phi) is 9.73. The number of likely N-dealkylation sites (tertiary alicyclic amines) is 1. The summed E-state index contributed by atoms with van der Waals surface area (Å²) in [6.45, 7) is 1.74. The van der Waals surface area contributed by atoms with Gasteiger partial charge in [0, 0.05) is 45.1 Å². The van der Waals surface area contributed by atoms with Crippen molar-refractivity contribution < 1.29 is 45.4 Å². The van der Waals surface area contributed by atoms with E-state index in [0.717, 1.165) is 30.5 Å². The number of nitrogens with zero attached hydrogens (tertiary/aromatic N) is 2. The fourth-order valence-electron chi connectivity index (χ4n) is 5.21. The zero-order chi connectivity index (χ0) is 31.2. The maximum Gasteiger partial charge on any atom is 0.573 e. The largest absolute Gasteiger partial charge is 0.573 e. The second kappa shape index (κ2) is 13.5. The minimum atomic E-state index is -4.82. The van der Waals surface area contributed by atoms with Gasteiger partial charge < -0.3 is 14.2 Å². The number of benzene rings is 2. The molecule has 2 aliphatic heterocycles. The summed E-state index contributed by atoms with van der Waals surface area (Å²) < 4.78 is 78.9. The summed E-state index contributed by atoms with van der Waals surface area (Å²) in [5, 5.41) is 0. The first-order valence-corrected chi connectivity index (χ1v) is 15.6. The van der Waals surface area contributed by atoms with Crippen LogP contribution >= 0.6 is 0 Å². The Balaban J connectivity index is 1.32. The van der Waals surface area contributed by atoms with Gasteiger partial charge in [0.1, 0.15) is 17.2 Å². The summed E-state index contributed by atoms with van der Waals surface area (Å²) >= 11 is 0. The topological polar surface area (TPSA) is 116 Å². The van der Waals surface area contributed by atoms with Crippen LogP contribution in [0.4, 0.5) is 13.2 Å². The molecule has 1 N–H and O–H groups in total. The normalized spacial score (nSPS) is 19.2. The molecule has 0 bridgehead atoms. The molecule has 14 heteroatoms. The van der Waals surface area contributed by atoms with E-state index >= 15 is 0 Å². The standard InChI is InChI=1S/C30H32F3N3O7S/c31-30(32,33)42-25-8-6-23(7-9-25)41-24-10-12-26(13-11-24)44(38,39)29(28(37)35-43-27-5-1-2-19-40-27)14-17-36(18-15-29)21-22-4-3-16-34-20-22/h3-4,6-13,16,20,27H,1-2,5,14-15,17-19,21H2,(H,35,37). The number of sulfone groups is 1. The Bertz CT molecular complexity index is 1490. The lowest BCUT2D eigenvalue weighted by molar-refractivity contribution is -0.274. The van der Waals surface area contributed by atoms with E-state index in [1.54, 1.807) is 12.4 Å².